The van der Waals surface area contributed by atoms with Crippen LogP contribution in [0.2, 0.25) is 0 Å². The number of hydrogen-bond donors (Lipinski definition) is 2. The SMILES string of the molecule is CC(C)COCCNc1c(C(N)=S)cnc2ccccc12. The van der Waals surface area contributed by atoms with Gasteiger partial charge >= 0.3 is 0 Å². The number of rotatable bonds is 7. The summed E-state index contributed by atoms with van der Waals surface area (Å²) in [6.45, 7) is 6.38. The molecule has 0 saturated carbocycles. The van der Waals surface area contributed by atoms with Gasteiger partial charge in [0.2, 0.25) is 0 Å². The number of fused-ring (bicyclic) bond motifs is 1. The van der Waals surface area contributed by atoms with E-state index in [1.165, 1.54) is 0 Å². The molecule has 0 bridgehead atoms. The van der Waals surface area contributed by atoms with Gasteiger partial charge in [0.15, 0.2) is 0 Å². The van der Waals surface area contributed by atoms with Crippen molar-refractivity contribution in [2.45, 2.75) is 13.8 Å². The lowest BCUT2D eigenvalue weighted by molar-refractivity contribution is 0.118. The van der Waals surface area contributed by atoms with Crippen molar-refractivity contribution >= 4 is 33.8 Å². The lowest BCUT2D eigenvalue weighted by Gasteiger charge is -2.14. The molecule has 2 rings (SSSR count). The summed E-state index contributed by atoms with van der Waals surface area (Å²) >= 11 is 5.11. The van der Waals surface area contributed by atoms with Gasteiger partial charge in [-0.15, -0.1) is 0 Å². The fourth-order valence-corrected chi connectivity index (χ4v) is 2.24. The predicted molar refractivity (Wildman–Crippen MR) is 91.8 cm³/mol. The quantitative estimate of drug-likeness (QED) is 0.608. The molecule has 1 aromatic heterocycles. The number of benzene rings is 1. The number of anilines is 1. The molecule has 0 aliphatic rings. The Bertz CT molecular complexity index is 628. The molecule has 0 spiro atoms. The highest BCUT2D eigenvalue weighted by Gasteiger charge is 2.10. The second-order valence-corrected chi connectivity index (χ2v) is 5.76. The minimum atomic E-state index is 0.346. The van der Waals surface area contributed by atoms with E-state index in [0.717, 1.165) is 28.8 Å². The molecule has 4 nitrogen and oxygen atoms in total. The van der Waals surface area contributed by atoms with Crippen LogP contribution >= 0.6 is 12.2 Å². The average molecular weight is 303 g/mol. The fourth-order valence-electron chi connectivity index (χ4n) is 2.09. The summed E-state index contributed by atoms with van der Waals surface area (Å²) in [6, 6.07) is 7.93. The highest BCUT2D eigenvalue weighted by atomic mass is 32.1. The molecule has 0 unspecified atom stereocenters. The molecular formula is C16H21N3OS. The number of pyridine rings is 1. The third kappa shape index (κ3) is 4.12. The van der Waals surface area contributed by atoms with Gasteiger partial charge in [-0.1, -0.05) is 44.3 Å². The van der Waals surface area contributed by atoms with Crippen LogP contribution < -0.4 is 11.1 Å². The van der Waals surface area contributed by atoms with Gasteiger partial charge < -0.3 is 15.8 Å². The van der Waals surface area contributed by atoms with Gasteiger partial charge in [-0.25, -0.2) is 0 Å². The van der Waals surface area contributed by atoms with Crippen LogP contribution in [0.5, 0.6) is 0 Å². The van der Waals surface area contributed by atoms with Crippen molar-refractivity contribution in [1.82, 2.24) is 4.98 Å². The Morgan fingerprint density at radius 3 is 2.86 bits per heavy atom. The van der Waals surface area contributed by atoms with Crippen LogP contribution in [0.15, 0.2) is 30.5 Å². The van der Waals surface area contributed by atoms with E-state index in [1.807, 2.05) is 24.3 Å². The Morgan fingerprint density at radius 2 is 2.14 bits per heavy atom. The number of nitrogens with one attached hydrogen (secondary N) is 1. The molecule has 0 saturated heterocycles. The molecule has 2 aromatic rings. The summed E-state index contributed by atoms with van der Waals surface area (Å²) < 4.78 is 5.59. The van der Waals surface area contributed by atoms with Crippen molar-refractivity contribution in [3.05, 3.63) is 36.0 Å². The Labute approximate surface area is 130 Å². The van der Waals surface area contributed by atoms with Crippen LogP contribution in [0.1, 0.15) is 19.4 Å². The van der Waals surface area contributed by atoms with E-state index in [-0.39, 0.29) is 0 Å². The number of nitrogens with two attached hydrogens (primary N) is 1. The van der Waals surface area contributed by atoms with E-state index < -0.39 is 0 Å². The van der Waals surface area contributed by atoms with Crippen molar-refractivity contribution in [3.8, 4) is 0 Å². The maximum atomic E-state index is 5.80. The molecule has 0 amide bonds. The van der Waals surface area contributed by atoms with E-state index in [9.17, 15) is 0 Å². The lowest BCUT2D eigenvalue weighted by Crippen LogP contribution is -2.17. The molecule has 0 radical (unpaired) electrons. The largest absolute Gasteiger partial charge is 0.389 e. The van der Waals surface area contributed by atoms with Crippen molar-refractivity contribution in [2.75, 3.05) is 25.1 Å². The van der Waals surface area contributed by atoms with Crippen LogP contribution in [-0.2, 0) is 4.74 Å². The number of hydrogen-bond acceptors (Lipinski definition) is 4. The average Bonchev–Trinajstić information content (AvgIpc) is 2.46. The normalized spacial score (nSPS) is 11.0. The van der Waals surface area contributed by atoms with Gasteiger partial charge in [0, 0.05) is 24.7 Å². The molecule has 0 aliphatic carbocycles. The molecule has 5 heteroatoms. The van der Waals surface area contributed by atoms with Gasteiger partial charge in [-0.2, -0.15) is 0 Å². The zero-order chi connectivity index (χ0) is 15.2. The smallest absolute Gasteiger partial charge is 0.107 e. The minimum Gasteiger partial charge on any atom is -0.389 e. The Morgan fingerprint density at radius 1 is 1.38 bits per heavy atom. The van der Waals surface area contributed by atoms with Gasteiger partial charge in [0.25, 0.3) is 0 Å². The van der Waals surface area contributed by atoms with E-state index in [4.69, 9.17) is 22.7 Å². The van der Waals surface area contributed by atoms with E-state index in [0.29, 0.717) is 24.1 Å². The van der Waals surface area contributed by atoms with Crippen molar-refractivity contribution in [1.29, 1.82) is 0 Å². The Hall–Kier alpha value is -1.72. The van der Waals surface area contributed by atoms with Crippen LogP contribution in [0.4, 0.5) is 5.69 Å². The summed E-state index contributed by atoms with van der Waals surface area (Å²) in [5, 5.41) is 4.40. The lowest BCUT2D eigenvalue weighted by atomic mass is 10.1. The van der Waals surface area contributed by atoms with Crippen LogP contribution in [0.3, 0.4) is 0 Å². The van der Waals surface area contributed by atoms with Crippen molar-refractivity contribution < 1.29 is 4.74 Å². The first-order valence-electron chi connectivity index (χ1n) is 7.08. The van der Waals surface area contributed by atoms with Crippen molar-refractivity contribution in [2.24, 2.45) is 11.7 Å². The minimum absolute atomic E-state index is 0.346. The fraction of sp³-hybridized carbons (Fsp3) is 0.375. The zero-order valence-electron chi connectivity index (χ0n) is 12.4. The van der Waals surface area contributed by atoms with Crippen LogP contribution in [0.25, 0.3) is 10.9 Å². The Kier molecular flexibility index (Phi) is 5.47. The highest BCUT2D eigenvalue weighted by molar-refractivity contribution is 7.80. The number of nitrogens with zero attached hydrogens (tertiary/aromatic N) is 1. The van der Waals surface area contributed by atoms with Gasteiger partial charge in [0.1, 0.15) is 4.99 Å². The third-order valence-corrected chi connectivity index (χ3v) is 3.26. The summed E-state index contributed by atoms with van der Waals surface area (Å²) in [6.07, 6.45) is 1.72. The first-order chi connectivity index (χ1) is 10.1. The number of ether oxygens (including phenoxy) is 1. The maximum Gasteiger partial charge on any atom is 0.107 e. The molecule has 0 fully saturated rings. The monoisotopic (exact) mass is 303 g/mol. The zero-order valence-corrected chi connectivity index (χ0v) is 13.2. The topological polar surface area (TPSA) is 60.2 Å². The third-order valence-electron chi connectivity index (χ3n) is 3.04. The second-order valence-electron chi connectivity index (χ2n) is 5.32. The molecule has 0 aliphatic heterocycles. The molecule has 21 heavy (non-hydrogen) atoms. The second kappa shape index (κ2) is 7.33. The summed E-state index contributed by atoms with van der Waals surface area (Å²) in [7, 11) is 0. The van der Waals surface area contributed by atoms with Crippen LogP contribution in [-0.4, -0.2) is 29.7 Å². The number of para-hydroxylation sites is 1. The van der Waals surface area contributed by atoms with Gasteiger partial charge in [-0.05, 0) is 12.0 Å². The first kappa shape index (κ1) is 15.7. The standard InChI is InChI=1S/C16H21N3OS/c1-11(2)10-20-8-7-18-15-12-5-3-4-6-14(12)19-9-13(15)16(17)21/h3-6,9,11H,7-8,10H2,1-2H3,(H2,17,21)(H,18,19). The van der Waals surface area contributed by atoms with E-state index in [1.54, 1.807) is 6.20 Å². The highest BCUT2D eigenvalue weighted by Crippen LogP contribution is 2.25. The summed E-state index contributed by atoms with van der Waals surface area (Å²) in [5.41, 5.74) is 8.42. The molecule has 3 N–H and O–H groups in total. The van der Waals surface area contributed by atoms with E-state index >= 15 is 0 Å². The molecule has 112 valence electrons. The van der Waals surface area contributed by atoms with Crippen LogP contribution in [0, 0.1) is 5.92 Å². The van der Waals surface area contributed by atoms with Crippen molar-refractivity contribution in [3.63, 3.8) is 0 Å². The maximum absolute atomic E-state index is 5.80. The summed E-state index contributed by atoms with van der Waals surface area (Å²) in [5.74, 6) is 0.541. The first-order valence-corrected chi connectivity index (χ1v) is 7.49. The molecular weight excluding hydrogens is 282 g/mol. The van der Waals surface area contributed by atoms with E-state index in [2.05, 4.69) is 24.1 Å². The van der Waals surface area contributed by atoms with Gasteiger partial charge in [-0.3, -0.25) is 4.98 Å². The molecule has 1 aromatic carbocycles. The predicted octanol–water partition coefficient (Wildman–Crippen LogP) is 2.95. The molecule has 1 heterocycles. The summed E-state index contributed by atoms with van der Waals surface area (Å²) in [4.78, 5) is 4.74. The Balaban J connectivity index is 2.16. The van der Waals surface area contributed by atoms with Gasteiger partial charge in [0.05, 0.1) is 23.4 Å². The molecule has 0 atom stereocenters. The number of aromatic nitrogens is 1. The number of thiocarbonyl (C=S) groups is 1.